The third kappa shape index (κ3) is 4.55. The molecule has 20 heavy (non-hydrogen) atoms. The quantitative estimate of drug-likeness (QED) is 0.919. The smallest absolute Gasteiger partial charge is 0.258 e. The number of amides is 1. The number of hydrogen-bond acceptors (Lipinski definition) is 2. The molecule has 0 bridgehead atoms. The van der Waals surface area contributed by atoms with Crippen molar-refractivity contribution in [2.75, 3.05) is 6.61 Å². The van der Waals surface area contributed by atoms with Gasteiger partial charge < -0.3 is 10.1 Å². The van der Waals surface area contributed by atoms with E-state index in [1.807, 2.05) is 12.1 Å². The Morgan fingerprint density at radius 2 is 1.95 bits per heavy atom. The van der Waals surface area contributed by atoms with E-state index in [2.05, 4.69) is 5.32 Å². The van der Waals surface area contributed by atoms with Crippen LogP contribution in [0.25, 0.3) is 0 Å². The number of benzene rings is 2. The summed E-state index contributed by atoms with van der Waals surface area (Å²) in [6.07, 6.45) is 0. The number of halogens is 2. The molecular formula is C15H13ClFNO2. The highest BCUT2D eigenvalue weighted by atomic mass is 35.5. The summed E-state index contributed by atoms with van der Waals surface area (Å²) in [5.41, 5.74) is 0.938. The maximum atomic E-state index is 12.9. The fraction of sp³-hybridized carbons (Fsp3) is 0.133. The largest absolute Gasteiger partial charge is 0.484 e. The van der Waals surface area contributed by atoms with E-state index in [0.717, 1.165) is 5.56 Å². The van der Waals surface area contributed by atoms with Gasteiger partial charge >= 0.3 is 0 Å². The van der Waals surface area contributed by atoms with Crippen molar-refractivity contribution in [3.63, 3.8) is 0 Å². The predicted octanol–water partition coefficient (Wildman–Crippen LogP) is 3.17. The van der Waals surface area contributed by atoms with Crippen LogP contribution in [0.2, 0.25) is 5.02 Å². The molecule has 0 atom stereocenters. The van der Waals surface area contributed by atoms with E-state index in [-0.39, 0.29) is 12.5 Å². The summed E-state index contributed by atoms with van der Waals surface area (Å²) in [5.74, 6) is -0.347. The molecule has 2 aromatic rings. The molecule has 0 aliphatic rings. The number of carbonyl (C=O) groups excluding carboxylic acids is 1. The van der Waals surface area contributed by atoms with Crippen molar-refractivity contribution in [1.82, 2.24) is 5.32 Å². The van der Waals surface area contributed by atoms with Crippen molar-refractivity contribution in [2.24, 2.45) is 0 Å². The van der Waals surface area contributed by atoms with Crippen LogP contribution in [0.1, 0.15) is 5.56 Å². The molecule has 0 radical (unpaired) electrons. The summed E-state index contributed by atoms with van der Waals surface area (Å²) in [6, 6.07) is 12.8. The Balaban J connectivity index is 1.77. The highest BCUT2D eigenvalue weighted by Crippen LogP contribution is 2.12. The Morgan fingerprint density at radius 1 is 1.20 bits per heavy atom. The molecule has 2 rings (SSSR count). The number of ether oxygens (including phenoxy) is 1. The van der Waals surface area contributed by atoms with Gasteiger partial charge in [0.1, 0.15) is 11.6 Å². The summed E-state index contributed by atoms with van der Waals surface area (Å²) >= 11 is 5.77. The van der Waals surface area contributed by atoms with E-state index in [1.165, 1.54) is 18.2 Å². The maximum absolute atomic E-state index is 12.9. The van der Waals surface area contributed by atoms with Gasteiger partial charge in [-0.05, 0) is 29.8 Å². The van der Waals surface area contributed by atoms with Crippen molar-refractivity contribution >= 4 is 17.5 Å². The minimum absolute atomic E-state index is 0.156. The van der Waals surface area contributed by atoms with Crippen LogP contribution in [0.3, 0.4) is 0 Å². The van der Waals surface area contributed by atoms with Gasteiger partial charge in [-0.1, -0.05) is 29.8 Å². The highest BCUT2D eigenvalue weighted by Gasteiger charge is 2.03. The third-order valence-electron chi connectivity index (χ3n) is 2.57. The molecule has 104 valence electrons. The second-order valence-corrected chi connectivity index (χ2v) is 4.59. The van der Waals surface area contributed by atoms with Gasteiger partial charge in [-0.25, -0.2) is 4.39 Å². The summed E-state index contributed by atoms with van der Waals surface area (Å²) in [7, 11) is 0. The topological polar surface area (TPSA) is 38.3 Å². The van der Waals surface area contributed by atoms with Gasteiger partial charge in [-0.2, -0.15) is 0 Å². The second kappa shape index (κ2) is 6.91. The first-order valence-electron chi connectivity index (χ1n) is 6.03. The normalized spacial score (nSPS) is 10.1. The summed E-state index contributed by atoms with van der Waals surface area (Å²) < 4.78 is 18.1. The Bertz CT molecular complexity index is 587. The Kier molecular flexibility index (Phi) is 4.96. The van der Waals surface area contributed by atoms with Gasteiger partial charge in [-0.15, -0.1) is 0 Å². The second-order valence-electron chi connectivity index (χ2n) is 4.15. The molecule has 0 heterocycles. The van der Waals surface area contributed by atoms with Crippen LogP contribution in [0, 0.1) is 5.82 Å². The van der Waals surface area contributed by atoms with Gasteiger partial charge in [-0.3, -0.25) is 4.79 Å². The lowest BCUT2D eigenvalue weighted by molar-refractivity contribution is -0.123. The van der Waals surface area contributed by atoms with Crippen LogP contribution in [0.5, 0.6) is 5.75 Å². The van der Waals surface area contributed by atoms with Crippen LogP contribution in [-0.4, -0.2) is 12.5 Å². The van der Waals surface area contributed by atoms with E-state index in [1.54, 1.807) is 18.2 Å². The van der Waals surface area contributed by atoms with E-state index in [9.17, 15) is 9.18 Å². The SMILES string of the molecule is O=C(COc1cccc(F)c1)NCc1ccc(Cl)cc1. The summed E-state index contributed by atoms with van der Waals surface area (Å²) in [4.78, 5) is 11.6. The fourth-order valence-electron chi connectivity index (χ4n) is 1.56. The lowest BCUT2D eigenvalue weighted by atomic mass is 10.2. The van der Waals surface area contributed by atoms with Crippen LogP contribution < -0.4 is 10.1 Å². The van der Waals surface area contributed by atoms with Crippen LogP contribution in [0.4, 0.5) is 4.39 Å². The number of rotatable bonds is 5. The molecule has 0 saturated carbocycles. The molecule has 3 nitrogen and oxygen atoms in total. The Labute approximate surface area is 121 Å². The molecule has 0 aromatic heterocycles. The minimum Gasteiger partial charge on any atom is -0.484 e. The monoisotopic (exact) mass is 293 g/mol. The zero-order valence-corrected chi connectivity index (χ0v) is 11.4. The minimum atomic E-state index is -0.399. The molecule has 5 heteroatoms. The van der Waals surface area contributed by atoms with Gasteiger partial charge in [0.15, 0.2) is 6.61 Å². The molecular weight excluding hydrogens is 281 g/mol. The average molecular weight is 294 g/mol. The van der Waals surface area contributed by atoms with Crippen molar-refractivity contribution in [2.45, 2.75) is 6.54 Å². The number of carbonyl (C=O) groups is 1. The van der Waals surface area contributed by atoms with E-state index in [0.29, 0.717) is 17.3 Å². The lowest BCUT2D eigenvalue weighted by Crippen LogP contribution is -2.28. The van der Waals surface area contributed by atoms with Crippen molar-refractivity contribution in [1.29, 1.82) is 0 Å². The fourth-order valence-corrected chi connectivity index (χ4v) is 1.69. The van der Waals surface area contributed by atoms with Crippen LogP contribution >= 0.6 is 11.6 Å². The first-order valence-corrected chi connectivity index (χ1v) is 6.41. The molecule has 2 aromatic carbocycles. The van der Waals surface area contributed by atoms with Crippen molar-refractivity contribution in [3.05, 3.63) is 64.9 Å². The van der Waals surface area contributed by atoms with Gasteiger partial charge in [0.2, 0.25) is 0 Å². The zero-order chi connectivity index (χ0) is 14.4. The molecule has 0 aliphatic heterocycles. The van der Waals surface area contributed by atoms with Gasteiger partial charge in [0, 0.05) is 17.6 Å². The van der Waals surface area contributed by atoms with Crippen molar-refractivity contribution in [3.8, 4) is 5.75 Å². The highest BCUT2D eigenvalue weighted by molar-refractivity contribution is 6.30. The summed E-state index contributed by atoms with van der Waals surface area (Å²) in [5, 5.41) is 3.35. The molecule has 0 fully saturated rings. The molecule has 1 N–H and O–H groups in total. The van der Waals surface area contributed by atoms with E-state index < -0.39 is 5.82 Å². The first-order chi connectivity index (χ1) is 9.63. The van der Waals surface area contributed by atoms with Crippen LogP contribution in [0.15, 0.2) is 48.5 Å². The Morgan fingerprint density at radius 3 is 2.65 bits per heavy atom. The molecule has 0 spiro atoms. The lowest BCUT2D eigenvalue weighted by Gasteiger charge is -2.07. The number of hydrogen-bond donors (Lipinski definition) is 1. The van der Waals surface area contributed by atoms with E-state index >= 15 is 0 Å². The maximum Gasteiger partial charge on any atom is 0.258 e. The molecule has 1 amide bonds. The third-order valence-corrected chi connectivity index (χ3v) is 2.82. The molecule has 0 unspecified atom stereocenters. The molecule has 0 aliphatic carbocycles. The number of nitrogens with one attached hydrogen (secondary N) is 1. The summed E-state index contributed by atoms with van der Waals surface area (Å²) in [6.45, 7) is 0.236. The Hall–Kier alpha value is -2.07. The first kappa shape index (κ1) is 14.3. The molecule has 0 saturated heterocycles. The van der Waals surface area contributed by atoms with E-state index in [4.69, 9.17) is 16.3 Å². The predicted molar refractivity (Wildman–Crippen MR) is 75.2 cm³/mol. The van der Waals surface area contributed by atoms with Gasteiger partial charge in [0.25, 0.3) is 5.91 Å². The average Bonchev–Trinajstić information content (AvgIpc) is 2.45. The van der Waals surface area contributed by atoms with Gasteiger partial charge in [0.05, 0.1) is 0 Å². The standard InChI is InChI=1S/C15H13ClFNO2/c16-12-6-4-11(5-7-12)9-18-15(19)10-20-14-3-1-2-13(17)8-14/h1-8H,9-10H2,(H,18,19). The zero-order valence-electron chi connectivity index (χ0n) is 10.6. The van der Waals surface area contributed by atoms with Crippen molar-refractivity contribution < 1.29 is 13.9 Å². The van der Waals surface area contributed by atoms with Crippen LogP contribution in [-0.2, 0) is 11.3 Å².